The third-order valence-electron chi connectivity index (χ3n) is 6.79. The van der Waals surface area contributed by atoms with Crippen molar-refractivity contribution < 1.29 is 19.1 Å². The number of ether oxygens (including phenoxy) is 2. The summed E-state index contributed by atoms with van der Waals surface area (Å²) in [6.45, 7) is 2.00. The Kier molecular flexibility index (Phi) is 6.83. The Morgan fingerprint density at radius 1 is 0.756 bits per heavy atom. The van der Waals surface area contributed by atoms with Crippen LogP contribution in [0.4, 0.5) is 5.69 Å². The fourth-order valence-corrected chi connectivity index (χ4v) is 4.99. The quantitative estimate of drug-likeness (QED) is 0.139. The Labute approximate surface area is 242 Å². The average molecular weight is 560 g/mol. The summed E-state index contributed by atoms with van der Waals surface area (Å²) in [5.41, 5.74) is 3.05. The number of hydrogen-bond acceptors (Lipinski definition) is 5. The lowest BCUT2D eigenvalue weighted by Gasteiger charge is -2.29. The molecule has 8 heteroatoms. The fraction of sp³-hybridized carbons (Fsp3) is 0.0606. The first kappa shape index (κ1) is 26.0. The molecule has 1 aliphatic heterocycles. The highest BCUT2D eigenvalue weighted by atomic mass is 32.1. The number of hydrogen-bond donors (Lipinski definition) is 1. The SMILES string of the molecule is Cc1ccc(Oc2c(C=C3C(=O)NC(=S)N(c4ccc(Oc5ccccc5)cc4)C3=O)c3ccccc3n2C)cc1. The zero-order valence-corrected chi connectivity index (χ0v) is 23.1. The lowest BCUT2D eigenvalue weighted by molar-refractivity contribution is -0.122. The van der Waals surface area contributed by atoms with Gasteiger partial charge >= 0.3 is 0 Å². The molecule has 2 amide bonds. The van der Waals surface area contributed by atoms with Gasteiger partial charge in [-0.05, 0) is 79.8 Å². The summed E-state index contributed by atoms with van der Waals surface area (Å²) in [6.07, 6.45) is 1.57. The van der Waals surface area contributed by atoms with Gasteiger partial charge in [-0.3, -0.25) is 19.8 Å². The van der Waals surface area contributed by atoms with Crippen LogP contribution >= 0.6 is 12.2 Å². The molecule has 0 saturated carbocycles. The number of aromatic nitrogens is 1. The minimum atomic E-state index is -0.575. The second-order valence-corrected chi connectivity index (χ2v) is 9.96. The zero-order chi connectivity index (χ0) is 28.5. The number of amides is 2. The molecule has 41 heavy (non-hydrogen) atoms. The predicted octanol–water partition coefficient (Wildman–Crippen LogP) is 6.90. The van der Waals surface area contributed by atoms with E-state index in [1.165, 1.54) is 4.90 Å². The van der Waals surface area contributed by atoms with Crippen LogP contribution in [0.2, 0.25) is 0 Å². The van der Waals surface area contributed by atoms with Crippen molar-refractivity contribution in [2.24, 2.45) is 7.05 Å². The Bertz CT molecular complexity index is 1820. The van der Waals surface area contributed by atoms with E-state index in [0.717, 1.165) is 16.5 Å². The Balaban J connectivity index is 1.37. The minimum Gasteiger partial charge on any atom is -0.457 e. The molecule has 0 aliphatic carbocycles. The van der Waals surface area contributed by atoms with E-state index in [4.69, 9.17) is 21.7 Å². The van der Waals surface area contributed by atoms with Gasteiger partial charge in [0.2, 0.25) is 5.88 Å². The minimum absolute atomic E-state index is 0.00271. The largest absolute Gasteiger partial charge is 0.457 e. The molecule has 1 aromatic heterocycles. The smallest absolute Gasteiger partial charge is 0.270 e. The van der Waals surface area contributed by atoms with Crippen LogP contribution in [0.25, 0.3) is 17.0 Å². The molecule has 0 atom stereocenters. The monoisotopic (exact) mass is 559 g/mol. The average Bonchev–Trinajstić information content (AvgIpc) is 3.24. The van der Waals surface area contributed by atoms with Crippen LogP contribution in [0.15, 0.2) is 109 Å². The maximum absolute atomic E-state index is 13.8. The Morgan fingerprint density at radius 2 is 1.37 bits per heavy atom. The molecule has 1 aliphatic rings. The van der Waals surface area contributed by atoms with Gasteiger partial charge in [-0.25, -0.2) is 0 Å². The molecular weight excluding hydrogens is 534 g/mol. The number of benzene rings is 4. The summed E-state index contributed by atoms with van der Waals surface area (Å²) in [7, 11) is 1.89. The van der Waals surface area contributed by atoms with Crippen LogP contribution in [0.1, 0.15) is 11.1 Å². The lowest BCUT2D eigenvalue weighted by atomic mass is 10.1. The van der Waals surface area contributed by atoms with E-state index in [0.29, 0.717) is 34.4 Å². The molecule has 5 aromatic rings. The van der Waals surface area contributed by atoms with Crippen molar-refractivity contribution in [2.45, 2.75) is 6.92 Å². The van der Waals surface area contributed by atoms with Gasteiger partial charge in [0.15, 0.2) is 5.11 Å². The standard InChI is InChI=1S/C33H25N3O4S/c1-21-12-16-25(17-13-21)40-32-27(26-10-6-7-11-29(26)35(32)2)20-28-30(37)34-33(41)36(31(28)38)22-14-18-24(19-15-22)39-23-8-4-3-5-9-23/h3-20H,1-2H3,(H,34,37,41). The van der Waals surface area contributed by atoms with Crippen molar-refractivity contribution in [1.82, 2.24) is 9.88 Å². The van der Waals surface area contributed by atoms with Gasteiger partial charge in [0.1, 0.15) is 22.8 Å². The van der Waals surface area contributed by atoms with Crippen LogP contribution in [-0.2, 0) is 16.6 Å². The highest BCUT2D eigenvalue weighted by Crippen LogP contribution is 2.37. The number of anilines is 1. The van der Waals surface area contributed by atoms with Crippen molar-refractivity contribution in [3.8, 4) is 23.1 Å². The van der Waals surface area contributed by atoms with Crippen LogP contribution in [-0.4, -0.2) is 21.5 Å². The summed E-state index contributed by atoms with van der Waals surface area (Å²) in [4.78, 5) is 28.2. The summed E-state index contributed by atoms with van der Waals surface area (Å²) in [5, 5.41) is 3.51. The number of carbonyl (C=O) groups excluding carboxylic acids is 2. The second kappa shape index (κ2) is 10.7. The zero-order valence-electron chi connectivity index (χ0n) is 22.3. The Hall–Kier alpha value is -5.21. The molecule has 4 aromatic carbocycles. The predicted molar refractivity (Wildman–Crippen MR) is 163 cm³/mol. The first-order chi connectivity index (χ1) is 19.9. The fourth-order valence-electron chi connectivity index (χ4n) is 4.70. The topological polar surface area (TPSA) is 72.8 Å². The molecule has 0 spiro atoms. The van der Waals surface area contributed by atoms with E-state index in [1.807, 2.05) is 97.4 Å². The van der Waals surface area contributed by atoms with Gasteiger partial charge in [-0.1, -0.05) is 54.1 Å². The Morgan fingerprint density at radius 3 is 2.10 bits per heavy atom. The molecular formula is C33H25N3O4S. The summed E-state index contributed by atoms with van der Waals surface area (Å²) in [5.74, 6) is 1.33. The molecule has 1 saturated heterocycles. The van der Waals surface area contributed by atoms with Crippen LogP contribution < -0.4 is 19.7 Å². The third-order valence-corrected chi connectivity index (χ3v) is 7.07. The van der Waals surface area contributed by atoms with Crippen LogP contribution in [0.5, 0.6) is 23.1 Å². The number of carbonyl (C=O) groups is 2. The van der Waals surface area contributed by atoms with E-state index in [1.54, 1.807) is 30.3 Å². The third kappa shape index (κ3) is 5.08. The maximum Gasteiger partial charge on any atom is 0.270 e. The lowest BCUT2D eigenvalue weighted by Crippen LogP contribution is -2.54. The molecule has 2 heterocycles. The number of rotatable bonds is 6. The van der Waals surface area contributed by atoms with Crippen molar-refractivity contribution in [3.63, 3.8) is 0 Å². The molecule has 6 rings (SSSR count). The molecule has 1 fully saturated rings. The van der Waals surface area contributed by atoms with Crippen molar-refractivity contribution >= 4 is 51.8 Å². The van der Waals surface area contributed by atoms with Crippen molar-refractivity contribution in [1.29, 1.82) is 0 Å². The van der Waals surface area contributed by atoms with E-state index in [-0.39, 0.29) is 10.7 Å². The summed E-state index contributed by atoms with van der Waals surface area (Å²) >= 11 is 5.41. The number of aryl methyl sites for hydroxylation is 2. The molecule has 0 bridgehead atoms. The number of nitrogens with zero attached hydrogens (tertiary/aromatic N) is 2. The summed E-state index contributed by atoms with van der Waals surface area (Å²) < 4.78 is 14.1. The van der Waals surface area contributed by atoms with E-state index < -0.39 is 11.8 Å². The van der Waals surface area contributed by atoms with Crippen molar-refractivity contribution in [3.05, 3.63) is 120 Å². The first-order valence-electron chi connectivity index (χ1n) is 13.0. The van der Waals surface area contributed by atoms with E-state index in [2.05, 4.69) is 5.32 Å². The normalized spacial score (nSPS) is 14.4. The van der Waals surface area contributed by atoms with Gasteiger partial charge in [0.25, 0.3) is 11.8 Å². The summed E-state index contributed by atoms with van der Waals surface area (Å²) in [6, 6.07) is 31.8. The number of nitrogens with one attached hydrogen (secondary N) is 1. The van der Waals surface area contributed by atoms with Crippen molar-refractivity contribution in [2.75, 3.05) is 4.90 Å². The maximum atomic E-state index is 13.8. The molecule has 7 nitrogen and oxygen atoms in total. The van der Waals surface area contributed by atoms with Gasteiger partial charge in [-0.2, -0.15) is 0 Å². The first-order valence-corrected chi connectivity index (χ1v) is 13.4. The molecule has 202 valence electrons. The molecule has 1 N–H and O–H groups in total. The van der Waals surface area contributed by atoms with E-state index >= 15 is 0 Å². The van der Waals surface area contributed by atoms with Gasteiger partial charge in [0, 0.05) is 18.0 Å². The molecule has 0 unspecified atom stereocenters. The van der Waals surface area contributed by atoms with Crippen LogP contribution in [0, 0.1) is 6.92 Å². The number of thiocarbonyl (C=S) groups is 1. The van der Waals surface area contributed by atoms with E-state index in [9.17, 15) is 9.59 Å². The highest BCUT2D eigenvalue weighted by Gasteiger charge is 2.35. The highest BCUT2D eigenvalue weighted by molar-refractivity contribution is 7.80. The van der Waals surface area contributed by atoms with Gasteiger partial charge in [-0.15, -0.1) is 0 Å². The number of para-hydroxylation sites is 2. The van der Waals surface area contributed by atoms with Crippen LogP contribution in [0.3, 0.4) is 0 Å². The van der Waals surface area contributed by atoms with Gasteiger partial charge in [0.05, 0.1) is 11.2 Å². The number of fused-ring (bicyclic) bond motifs is 1. The van der Waals surface area contributed by atoms with Gasteiger partial charge < -0.3 is 14.0 Å². The molecule has 0 radical (unpaired) electrons. The second-order valence-electron chi connectivity index (χ2n) is 9.58.